The molecule has 1 heterocycles. The van der Waals surface area contributed by atoms with Crippen LogP contribution in [0.5, 0.6) is 23.0 Å². The number of aromatic nitrogens is 1. The van der Waals surface area contributed by atoms with E-state index in [1.165, 1.54) is 11.8 Å². The average molecular weight is 443 g/mol. The highest BCUT2D eigenvalue weighted by molar-refractivity contribution is 8.00. The van der Waals surface area contributed by atoms with Gasteiger partial charge < -0.3 is 24.3 Å². The van der Waals surface area contributed by atoms with E-state index in [0.717, 1.165) is 27.9 Å². The Hall–Kier alpha value is -3.13. The topological polar surface area (TPSA) is 78.9 Å². The molecule has 164 valence electrons. The van der Waals surface area contributed by atoms with Crippen LogP contribution in [0.1, 0.15) is 12.5 Å². The first-order chi connectivity index (χ1) is 15.0. The highest BCUT2D eigenvalue weighted by atomic mass is 32.2. The van der Waals surface area contributed by atoms with E-state index >= 15 is 0 Å². The van der Waals surface area contributed by atoms with Gasteiger partial charge in [-0.3, -0.25) is 4.79 Å². The van der Waals surface area contributed by atoms with Gasteiger partial charge in [-0.15, -0.1) is 0 Å². The second-order valence-electron chi connectivity index (χ2n) is 6.61. The van der Waals surface area contributed by atoms with Crippen LogP contribution in [-0.4, -0.2) is 45.1 Å². The molecule has 0 unspecified atom stereocenters. The Kier molecular flexibility index (Phi) is 7.46. The maximum absolute atomic E-state index is 12.6. The summed E-state index contributed by atoms with van der Waals surface area (Å²) in [4.78, 5) is 17.3. The molecular weight excluding hydrogens is 416 g/mol. The molecule has 0 aliphatic carbocycles. The van der Waals surface area contributed by atoms with Crippen molar-refractivity contribution in [2.75, 3.05) is 39.5 Å². The molecule has 0 fully saturated rings. The first kappa shape index (κ1) is 22.6. The summed E-state index contributed by atoms with van der Waals surface area (Å²) in [7, 11) is 6.34. The molecule has 31 heavy (non-hydrogen) atoms. The molecule has 3 aromatic rings. The number of ether oxygens (including phenoxy) is 4. The molecule has 8 heteroatoms. The fourth-order valence-corrected chi connectivity index (χ4v) is 4.02. The average Bonchev–Trinajstić information content (AvgIpc) is 2.81. The molecule has 0 bridgehead atoms. The number of amides is 1. The number of carbonyl (C=O) groups excluding carboxylic acids is 1. The third-order valence-corrected chi connectivity index (χ3v) is 5.80. The molecule has 2 aromatic carbocycles. The van der Waals surface area contributed by atoms with Crippen LogP contribution >= 0.6 is 11.8 Å². The van der Waals surface area contributed by atoms with Gasteiger partial charge in [-0.2, -0.15) is 0 Å². The minimum atomic E-state index is -0.148. The number of methoxy groups -OCH3 is 4. The van der Waals surface area contributed by atoms with E-state index in [1.807, 2.05) is 12.1 Å². The summed E-state index contributed by atoms with van der Waals surface area (Å²) in [6.07, 6.45) is 0.799. The van der Waals surface area contributed by atoms with Crippen molar-refractivity contribution in [2.24, 2.45) is 0 Å². The minimum absolute atomic E-state index is 0.148. The SMILES string of the molecule is CCc1cc2cc(OC)c(OC)cc2nc1SCC(=O)Nc1ccc(OC)cc1OC. The Morgan fingerprint density at radius 1 is 0.935 bits per heavy atom. The van der Waals surface area contributed by atoms with Crippen LogP contribution in [0.2, 0.25) is 0 Å². The summed E-state index contributed by atoms with van der Waals surface area (Å²) in [6.45, 7) is 2.07. The molecule has 1 aromatic heterocycles. The predicted molar refractivity (Wildman–Crippen MR) is 123 cm³/mol. The Morgan fingerprint density at radius 3 is 2.29 bits per heavy atom. The zero-order valence-electron chi connectivity index (χ0n) is 18.3. The normalized spacial score (nSPS) is 10.6. The molecule has 1 N–H and O–H groups in total. The fourth-order valence-electron chi connectivity index (χ4n) is 3.13. The molecule has 0 atom stereocenters. The molecule has 3 rings (SSSR count). The number of nitrogens with one attached hydrogen (secondary N) is 1. The first-order valence-corrected chi connectivity index (χ1v) is 10.7. The second kappa shape index (κ2) is 10.3. The van der Waals surface area contributed by atoms with Crippen LogP contribution < -0.4 is 24.3 Å². The van der Waals surface area contributed by atoms with Crippen molar-refractivity contribution < 1.29 is 23.7 Å². The van der Waals surface area contributed by atoms with E-state index in [4.69, 9.17) is 23.9 Å². The summed E-state index contributed by atoms with van der Waals surface area (Å²) in [5.74, 6) is 2.54. The van der Waals surface area contributed by atoms with Gasteiger partial charge in [0.25, 0.3) is 0 Å². The molecule has 0 radical (unpaired) electrons. The monoisotopic (exact) mass is 442 g/mol. The van der Waals surface area contributed by atoms with Crippen LogP contribution in [0.3, 0.4) is 0 Å². The maximum Gasteiger partial charge on any atom is 0.234 e. The van der Waals surface area contributed by atoms with Crippen molar-refractivity contribution in [3.8, 4) is 23.0 Å². The van der Waals surface area contributed by atoms with Crippen molar-refractivity contribution in [3.05, 3.63) is 42.0 Å². The summed E-state index contributed by atoms with van der Waals surface area (Å²) >= 11 is 1.40. The van der Waals surface area contributed by atoms with Gasteiger partial charge in [0.15, 0.2) is 11.5 Å². The lowest BCUT2D eigenvalue weighted by molar-refractivity contribution is -0.113. The van der Waals surface area contributed by atoms with Crippen LogP contribution in [0.4, 0.5) is 5.69 Å². The van der Waals surface area contributed by atoms with Gasteiger partial charge in [0.2, 0.25) is 5.91 Å². The Bertz CT molecular complexity index is 1090. The van der Waals surface area contributed by atoms with Gasteiger partial charge in [-0.1, -0.05) is 18.7 Å². The van der Waals surface area contributed by atoms with Gasteiger partial charge >= 0.3 is 0 Å². The maximum atomic E-state index is 12.6. The number of fused-ring (bicyclic) bond motifs is 1. The summed E-state index contributed by atoms with van der Waals surface area (Å²) in [5.41, 5.74) is 2.45. The highest BCUT2D eigenvalue weighted by Crippen LogP contribution is 2.34. The van der Waals surface area contributed by atoms with Crippen LogP contribution in [-0.2, 0) is 11.2 Å². The predicted octanol–water partition coefficient (Wildman–Crippen LogP) is 4.56. The third-order valence-electron chi connectivity index (χ3n) is 4.76. The van der Waals surface area contributed by atoms with E-state index in [-0.39, 0.29) is 11.7 Å². The lowest BCUT2D eigenvalue weighted by Crippen LogP contribution is -2.15. The fraction of sp³-hybridized carbons (Fsp3) is 0.304. The van der Waals surface area contributed by atoms with Crippen molar-refractivity contribution in [1.29, 1.82) is 0 Å². The Morgan fingerprint density at radius 2 is 1.65 bits per heavy atom. The lowest BCUT2D eigenvalue weighted by atomic mass is 10.1. The van der Waals surface area contributed by atoms with Crippen molar-refractivity contribution >= 4 is 34.3 Å². The highest BCUT2D eigenvalue weighted by Gasteiger charge is 2.14. The van der Waals surface area contributed by atoms with E-state index in [9.17, 15) is 4.79 Å². The quantitative estimate of drug-likeness (QED) is 0.487. The van der Waals surface area contributed by atoms with Gasteiger partial charge in [-0.05, 0) is 36.2 Å². The number of anilines is 1. The lowest BCUT2D eigenvalue weighted by Gasteiger charge is -2.13. The number of pyridine rings is 1. The molecule has 0 saturated carbocycles. The minimum Gasteiger partial charge on any atom is -0.497 e. The third kappa shape index (κ3) is 5.14. The number of carbonyl (C=O) groups is 1. The molecule has 0 aliphatic rings. The largest absolute Gasteiger partial charge is 0.497 e. The number of nitrogens with zero attached hydrogens (tertiary/aromatic N) is 1. The first-order valence-electron chi connectivity index (χ1n) is 9.73. The van der Waals surface area contributed by atoms with E-state index < -0.39 is 0 Å². The van der Waals surface area contributed by atoms with E-state index in [2.05, 4.69) is 18.3 Å². The molecule has 0 saturated heterocycles. The van der Waals surface area contributed by atoms with Crippen LogP contribution in [0.15, 0.2) is 41.4 Å². The zero-order chi connectivity index (χ0) is 22.4. The molecule has 0 aliphatic heterocycles. The van der Waals surface area contributed by atoms with Crippen LogP contribution in [0, 0.1) is 0 Å². The second-order valence-corrected chi connectivity index (χ2v) is 7.57. The smallest absolute Gasteiger partial charge is 0.234 e. The number of hydrogen-bond acceptors (Lipinski definition) is 7. The van der Waals surface area contributed by atoms with Crippen molar-refractivity contribution in [3.63, 3.8) is 0 Å². The molecular formula is C23H26N2O5S. The van der Waals surface area contributed by atoms with Gasteiger partial charge in [-0.25, -0.2) is 4.98 Å². The molecule has 0 spiro atoms. The summed E-state index contributed by atoms with van der Waals surface area (Å²) in [6, 6.07) is 11.1. The number of aryl methyl sites for hydroxylation is 1. The van der Waals surface area contributed by atoms with Gasteiger partial charge in [0.1, 0.15) is 16.5 Å². The summed E-state index contributed by atoms with van der Waals surface area (Å²) in [5, 5.41) is 4.67. The Labute approximate surface area is 186 Å². The number of thioether (sulfide) groups is 1. The zero-order valence-corrected chi connectivity index (χ0v) is 19.1. The van der Waals surface area contributed by atoms with Crippen molar-refractivity contribution in [1.82, 2.24) is 4.98 Å². The Balaban J connectivity index is 1.79. The van der Waals surface area contributed by atoms with Crippen molar-refractivity contribution in [2.45, 2.75) is 18.4 Å². The number of rotatable bonds is 9. The van der Waals surface area contributed by atoms with Crippen LogP contribution in [0.25, 0.3) is 10.9 Å². The number of hydrogen-bond donors (Lipinski definition) is 1. The number of benzene rings is 2. The molecule has 1 amide bonds. The van der Waals surface area contributed by atoms with Gasteiger partial charge in [0, 0.05) is 17.5 Å². The summed E-state index contributed by atoms with van der Waals surface area (Å²) < 4.78 is 21.3. The standard InChI is InChI=1S/C23H26N2O5S/c1-6-14-9-15-10-20(29-4)21(30-5)12-18(15)25-23(14)31-13-22(26)24-17-8-7-16(27-2)11-19(17)28-3/h7-12H,6,13H2,1-5H3,(H,24,26). The van der Waals surface area contributed by atoms with E-state index in [1.54, 1.807) is 46.6 Å². The van der Waals surface area contributed by atoms with E-state index in [0.29, 0.717) is 28.7 Å². The van der Waals surface area contributed by atoms with Gasteiger partial charge in [0.05, 0.1) is 45.4 Å². The molecule has 7 nitrogen and oxygen atoms in total.